The highest BCUT2D eigenvalue weighted by Crippen LogP contribution is 2.41. The Bertz CT molecular complexity index is 1090. The zero-order valence-corrected chi connectivity index (χ0v) is 23.2. The Morgan fingerprint density at radius 1 is 1.03 bits per heavy atom. The van der Waals surface area contributed by atoms with E-state index in [1.54, 1.807) is 47.6 Å². The van der Waals surface area contributed by atoms with Crippen LogP contribution in [0.1, 0.15) is 72.4 Å². The summed E-state index contributed by atoms with van der Waals surface area (Å²) < 4.78 is 16.3. The summed E-state index contributed by atoms with van der Waals surface area (Å²) in [4.78, 5) is 39.0. The predicted octanol–water partition coefficient (Wildman–Crippen LogP) is 4.38. The lowest BCUT2D eigenvalue weighted by molar-refractivity contribution is -0.148. The average molecular weight is 513 g/mol. The fourth-order valence-corrected chi connectivity index (χ4v) is 4.00. The van der Waals surface area contributed by atoms with Gasteiger partial charge in [-0.05, 0) is 58.7 Å². The van der Waals surface area contributed by atoms with E-state index < -0.39 is 29.4 Å². The van der Waals surface area contributed by atoms with Crippen LogP contribution in [0.25, 0.3) is 6.08 Å². The van der Waals surface area contributed by atoms with Crippen LogP contribution in [-0.4, -0.2) is 49.3 Å². The first-order valence-corrected chi connectivity index (χ1v) is 12.7. The van der Waals surface area contributed by atoms with Gasteiger partial charge < -0.3 is 24.8 Å². The summed E-state index contributed by atoms with van der Waals surface area (Å²) in [7, 11) is 0. The molecule has 2 N–H and O–H groups in total. The van der Waals surface area contributed by atoms with Crippen LogP contribution >= 0.6 is 0 Å². The second-order valence-electron chi connectivity index (χ2n) is 9.96. The van der Waals surface area contributed by atoms with Crippen LogP contribution in [0.2, 0.25) is 0 Å². The van der Waals surface area contributed by atoms with E-state index in [-0.39, 0.29) is 19.3 Å². The van der Waals surface area contributed by atoms with Crippen LogP contribution in [0.15, 0.2) is 52.9 Å². The van der Waals surface area contributed by atoms with Gasteiger partial charge in [-0.25, -0.2) is 14.4 Å². The lowest BCUT2D eigenvalue weighted by atomic mass is 9.78. The third kappa shape index (κ3) is 8.32. The molecule has 1 heterocycles. The standard InChI is InChI=1S/C29H40N2O6/c1-9-35-27(33)24-19(5)31-22(17-30-18(3)4)26(28(34)36-10-2)25(24)21-14-12-11-13-20(21)15-16-23(32)37-29(6,7)8/h11-16,18,25,30-31H,9-10,17H2,1-8H3/b16-15+. The molecule has 0 bridgehead atoms. The highest BCUT2D eigenvalue weighted by molar-refractivity contribution is 6.00. The van der Waals surface area contributed by atoms with Crippen molar-refractivity contribution < 1.29 is 28.6 Å². The Labute approximate surface area is 220 Å². The van der Waals surface area contributed by atoms with Gasteiger partial charge in [0.05, 0.1) is 30.3 Å². The van der Waals surface area contributed by atoms with Gasteiger partial charge in [0.1, 0.15) is 5.60 Å². The maximum absolute atomic E-state index is 13.4. The fraction of sp³-hybridized carbons (Fsp3) is 0.483. The minimum atomic E-state index is -0.775. The van der Waals surface area contributed by atoms with Crippen molar-refractivity contribution in [2.75, 3.05) is 19.8 Å². The molecule has 1 aromatic rings. The maximum atomic E-state index is 13.4. The quantitative estimate of drug-likeness (QED) is 0.271. The van der Waals surface area contributed by atoms with Crippen molar-refractivity contribution in [3.8, 4) is 0 Å². The minimum Gasteiger partial charge on any atom is -0.463 e. The summed E-state index contributed by atoms with van der Waals surface area (Å²) in [5.41, 5.74) is 2.53. The second-order valence-corrected chi connectivity index (χ2v) is 9.96. The molecule has 1 unspecified atom stereocenters. The molecule has 37 heavy (non-hydrogen) atoms. The van der Waals surface area contributed by atoms with Gasteiger partial charge in [0.25, 0.3) is 0 Å². The largest absolute Gasteiger partial charge is 0.463 e. The van der Waals surface area contributed by atoms with E-state index >= 15 is 0 Å². The van der Waals surface area contributed by atoms with Gasteiger partial charge in [0.2, 0.25) is 0 Å². The number of benzene rings is 1. The number of nitrogens with one attached hydrogen (secondary N) is 2. The van der Waals surface area contributed by atoms with E-state index in [1.807, 2.05) is 38.1 Å². The van der Waals surface area contributed by atoms with Crippen molar-refractivity contribution in [2.45, 2.75) is 73.0 Å². The summed E-state index contributed by atoms with van der Waals surface area (Å²) in [5, 5.41) is 6.59. The second kappa shape index (κ2) is 13.2. The number of ether oxygens (including phenoxy) is 3. The molecular formula is C29H40N2O6. The molecule has 8 heteroatoms. The van der Waals surface area contributed by atoms with Crippen molar-refractivity contribution in [2.24, 2.45) is 0 Å². The Morgan fingerprint density at radius 3 is 2.19 bits per heavy atom. The molecule has 1 aromatic carbocycles. The zero-order valence-electron chi connectivity index (χ0n) is 23.2. The Balaban J connectivity index is 2.74. The molecule has 0 saturated heterocycles. The Hall–Kier alpha value is -3.39. The number of carbonyl (C=O) groups is 3. The lowest BCUT2D eigenvalue weighted by Gasteiger charge is -2.32. The van der Waals surface area contributed by atoms with Crippen molar-refractivity contribution in [3.63, 3.8) is 0 Å². The molecular weight excluding hydrogens is 472 g/mol. The minimum absolute atomic E-state index is 0.163. The summed E-state index contributed by atoms with van der Waals surface area (Å²) in [6.45, 7) is 15.4. The van der Waals surface area contributed by atoms with Crippen molar-refractivity contribution >= 4 is 24.0 Å². The van der Waals surface area contributed by atoms with Crippen LogP contribution in [0, 0.1) is 0 Å². The normalized spacial score (nSPS) is 16.2. The molecule has 1 atom stereocenters. The molecule has 202 valence electrons. The lowest BCUT2D eigenvalue weighted by Crippen LogP contribution is -2.38. The molecule has 2 rings (SSSR count). The monoisotopic (exact) mass is 512 g/mol. The van der Waals surface area contributed by atoms with Gasteiger partial charge in [-0.1, -0.05) is 38.1 Å². The van der Waals surface area contributed by atoms with Gasteiger partial charge in [-0.2, -0.15) is 0 Å². The molecule has 0 aliphatic carbocycles. The van der Waals surface area contributed by atoms with E-state index in [2.05, 4.69) is 10.6 Å². The molecule has 0 amide bonds. The first kappa shape index (κ1) is 29.8. The third-order valence-electron chi connectivity index (χ3n) is 5.44. The first-order chi connectivity index (χ1) is 17.4. The molecule has 0 fully saturated rings. The van der Waals surface area contributed by atoms with Gasteiger partial charge in [0, 0.05) is 30.1 Å². The Morgan fingerprint density at radius 2 is 1.62 bits per heavy atom. The summed E-state index contributed by atoms with van der Waals surface area (Å²) in [5.74, 6) is -2.32. The van der Waals surface area contributed by atoms with E-state index in [9.17, 15) is 14.4 Å². The molecule has 0 aromatic heterocycles. The van der Waals surface area contributed by atoms with Crippen LogP contribution in [0.5, 0.6) is 0 Å². The summed E-state index contributed by atoms with van der Waals surface area (Å²) in [6, 6.07) is 7.48. The van der Waals surface area contributed by atoms with Crippen LogP contribution in [-0.2, 0) is 28.6 Å². The molecule has 0 saturated carbocycles. The Kier molecular flexibility index (Phi) is 10.7. The van der Waals surface area contributed by atoms with E-state index in [4.69, 9.17) is 14.2 Å². The summed E-state index contributed by atoms with van der Waals surface area (Å²) in [6.07, 6.45) is 2.99. The van der Waals surface area contributed by atoms with Gasteiger partial charge in [0.15, 0.2) is 0 Å². The van der Waals surface area contributed by atoms with Crippen molar-refractivity contribution in [3.05, 3.63) is 64.0 Å². The average Bonchev–Trinajstić information content (AvgIpc) is 2.80. The van der Waals surface area contributed by atoms with E-state index in [0.29, 0.717) is 40.2 Å². The highest BCUT2D eigenvalue weighted by atomic mass is 16.6. The number of allylic oxidation sites excluding steroid dienone is 1. The number of carbonyl (C=O) groups excluding carboxylic acids is 3. The number of dihydropyridines is 1. The van der Waals surface area contributed by atoms with Gasteiger partial charge in [-0.15, -0.1) is 0 Å². The maximum Gasteiger partial charge on any atom is 0.336 e. The topological polar surface area (TPSA) is 103 Å². The van der Waals surface area contributed by atoms with E-state index in [0.717, 1.165) is 0 Å². The molecule has 0 radical (unpaired) electrons. The molecule has 1 aliphatic heterocycles. The first-order valence-electron chi connectivity index (χ1n) is 12.7. The predicted molar refractivity (Wildman–Crippen MR) is 143 cm³/mol. The van der Waals surface area contributed by atoms with Gasteiger partial charge >= 0.3 is 17.9 Å². The fourth-order valence-electron chi connectivity index (χ4n) is 4.00. The summed E-state index contributed by atoms with van der Waals surface area (Å²) >= 11 is 0. The van der Waals surface area contributed by atoms with Crippen LogP contribution < -0.4 is 10.6 Å². The van der Waals surface area contributed by atoms with Crippen LogP contribution in [0.4, 0.5) is 0 Å². The van der Waals surface area contributed by atoms with Crippen molar-refractivity contribution in [1.29, 1.82) is 0 Å². The smallest absolute Gasteiger partial charge is 0.336 e. The molecule has 1 aliphatic rings. The zero-order chi connectivity index (χ0) is 27.8. The third-order valence-corrected chi connectivity index (χ3v) is 5.44. The number of hydrogen-bond acceptors (Lipinski definition) is 8. The number of rotatable bonds is 10. The van der Waals surface area contributed by atoms with Crippen molar-refractivity contribution in [1.82, 2.24) is 10.6 Å². The molecule has 0 spiro atoms. The number of hydrogen-bond donors (Lipinski definition) is 2. The highest BCUT2D eigenvalue weighted by Gasteiger charge is 2.39. The van der Waals surface area contributed by atoms with Gasteiger partial charge in [-0.3, -0.25) is 0 Å². The van der Waals surface area contributed by atoms with Crippen LogP contribution in [0.3, 0.4) is 0 Å². The SMILES string of the molecule is CCOC(=O)C1=C(C)NC(CNC(C)C)=C(C(=O)OCC)C1c1ccccc1/C=C/C(=O)OC(C)(C)C. The number of esters is 3. The molecule has 8 nitrogen and oxygen atoms in total. The van der Waals surface area contributed by atoms with E-state index in [1.165, 1.54) is 6.08 Å².